The molecule has 2 saturated heterocycles. The highest BCUT2D eigenvalue weighted by molar-refractivity contribution is 6.08. The van der Waals surface area contributed by atoms with Gasteiger partial charge in [-0.25, -0.2) is 4.98 Å². The molecule has 5 aliphatic rings. The van der Waals surface area contributed by atoms with E-state index < -0.39 is 0 Å². The van der Waals surface area contributed by atoms with Crippen molar-refractivity contribution in [2.45, 2.75) is 12.8 Å². The van der Waals surface area contributed by atoms with Crippen LogP contribution in [0.5, 0.6) is 0 Å². The summed E-state index contributed by atoms with van der Waals surface area (Å²) in [6.45, 7) is 2.43. The first-order valence-corrected chi connectivity index (χ1v) is 10.1. The highest BCUT2D eigenvalue weighted by Gasteiger charge is 2.56. The Morgan fingerprint density at radius 1 is 0.964 bits per heavy atom. The second kappa shape index (κ2) is 6.72. The summed E-state index contributed by atoms with van der Waals surface area (Å²) in [5.41, 5.74) is 0. The quantitative estimate of drug-likeness (QED) is 0.576. The van der Waals surface area contributed by atoms with Crippen molar-refractivity contribution in [1.29, 1.82) is 0 Å². The molecule has 1 saturated carbocycles. The molecule has 1 aromatic heterocycles. The molecular formula is C21H24N4O3. The fourth-order valence-electron chi connectivity index (χ4n) is 5.25. The molecule has 2 bridgehead atoms. The number of hydrogen-bond donors (Lipinski definition) is 0. The fraction of sp³-hybridized carbons (Fsp3) is 0.524. The van der Waals surface area contributed by atoms with E-state index in [0.717, 1.165) is 18.7 Å². The maximum atomic E-state index is 12.9. The van der Waals surface area contributed by atoms with Gasteiger partial charge < -0.3 is 9.80 Å². The van der Waals surface area contributed by atoms with Gasteiger partial charge in [0.05, 0.1) is 11.8 Å². The third-order valence-electron chi connectivity index (χ3n) is 6.75. The highest BCUT2D eigenvalue weighted by Crippen LogP contribution is 2.49. The molecule has 0 N–H and O–H groups in total. The normalized spacial score (nSPS) is 31.5. The van der Waals surface area contributed by atoms with Crippen molar-refractivity contribution in [3.63, 3.8) is 0 Å². The lowest BCUT2D eigenvalue weighted by Crippen LogP contribution is -2.52. The highest BCUT2D eigenvalue weighted by atomic mass is 16.2. The number of carbonyl (C=O) groups is 3. The first kappa shape index (κ1) is 17.4. The summed E-state index contributed by atoms with van der Waals surface area (Å²) in [6, 6.07) is 5.79. The van der Waals surface area contributed by atoms with Crippen molar-refractivity contribution >= 4 is 23.5 Å². The van der Waals surface area contributed by atoms with Crippen molar-refractivity contribution < 1.29 is 14.4 Å². The van der Waals surface area contributed by atoms with E-state index in [-0.39, 0.29) is 47.9 Å². The number of pyridine rings is 1. The Hall–Kier alpha value is -2.70. The maximum absolute atomic E-state index is 12.9. The maximum Gasteiger partial charge on any atom is 0.242 e. The molecule has 0 radical (unpaired) electrons. The second-order valence-electron chi connectivity index (χ2n) is 8.16. The van der Waals surface area contributed by atoms with E-state index in [1.165, 1.54) is 4.90 Å². The summed E-state index contributed by atoms with van der Waals surface area (Å²) in [7, 11) is 0. The van der Waals surface area contributed by atoms with Gasteiger partial charge in [0, 0.05) is 32.4 Å². The van der Waals surface area contributed by atoms with Crippen molar-refractivity contribution in [2.24, 2.45) is 23.7 Å². The summed E-state index contributed by atoms with van der Waals surface area (Å²) >= 11 is 0. The molecule has 0 unspecified atom stereocenters. The van der Waals surface area contributed by atoms with Crippen LogP contribution in [0.1, 0.15) is 12.8 Å². The van der Waals surface area contributed by atoms with Crippen LogP contribution < -0.4 is 4.90 Å². The van der Waals surface area contributed by atoms with Gasteiger partial charge in [0.25, 0.3) is 0 Å². The first-order chi connectivity index (χ1) is 13.6. The Balaban J connectivity index is 1.22. The summed E-state index contributed by atoms with van der Waals surface area (Å²) in [5, 5.41) is 0. The van der Waals surface area contributed by atoms with E-state index >= 15 is 0 Å². The smallest absolute Gasteiger partial charge is 0.242 e. The van der Waals surface area contributed by atoms with Gasteiger partial charge in [-0.05, 0) is 36.8 Å². The fourth-order valence-corrected chi connectivity index (χ4v) is 5.25. The van der Waals surface area contributed by atoms with Gasteiger partial charge in [-0.15, -0.1) is 0 Å². The number of carbonyl (C=O) groups excluding carboxylic acids is 3. The summed E-state index contributed by atoms with van der Waals surface area (Å²) in [4.78, 5) is 48.1. The van der Waals surface area contributed by atoms with Gasteiger partial charge in [-0.3, -0.25) is 19.3 Å². The topological polar surface area (TPSA) is 73.8 Å². The lowest BCUT2D eigenvalue weighted by molar-refractivity contribution is -0.146. The molecule has 3 amide bonds. The Morgan fingerprint density at radius 3 is 2.14 bits per heavy atom. The minimum Gasteiger partial charge on any atom is -0.353 e. The van der Waals surface area contributed by atoms with Gasteiger partial charge in [0.15, 0.2) is 0 Å². The van der Waals surface area contributed by atoms with Crippen molar-refractivity contribution in [1.82, 2.24) is 14.8 Å². The number of nitrogens with zero attached hydrogens (tertiary/aromatic N) is 4. The van der Waals surface area contributed by atoms with Crippen LogP contribution in [0, 0.1) is 23.7 Å². The number of rotatable bonds is 3. The molecule has 146 valence electrons. The minimum atomic E-state index is -0.245. The zero-order chi connectivity index (χ0) is 19.3. The molecule has 3 heterocycles. The number of amides is 3. The van der Waals surface area contributed by atoms with Gasteiger partial charge in [0.1, 0.15) is 12.4 Å². The zero-order valence-electron chi connectivity index (χ0n) is 15.7. The van der Waals surface area contributed by atoms with Crippen LogP contribution in [0.2, 0.25) is 0 Å². The average Bonchev–Trinajstić information content (AvgIpc) is 3.02. The number of fused-ring (bicyclic) bond motifs is 1. The molecule has 0 spiro atoms. The molecule has 4 atom stereocenters. The van der Waals surface area contributed by atoms with Gasteiger partial charge in [-0.2, -0.15) is 0 Å². The predicted molar refractivity (Wildman–Crippen MR) is 102 cm³/mol. The average molecular weight is 380 g/mol. The largest absolute Gasteiger partial charge is 0.353 e. The Labute approximate surface area is 164 Å². The lowest BCUT2D eigenvalue weighted by atomic mass is 9.63. The molecule has 1 aromatic rings. The van der Waals surface area contributed by atoms with Gasteiger partial charge >= 0.3 is 0 Å². The number of likely N-dealkylation sites (tertiary alicyclic amines) is 1. The molecule has 7 nitrogen and oxygen atoms in total. The molecule has 7 heteroatoms. The van der Waals surface area contributed by atoms with Crippen LogP contribution in [-0.2, 0) is 14.4 Å². The summed E-state index contributed by atoms with van der Waals surface area (Å²) in [6.07, 6.45) is 7.90. The molecular weight excluding hydrogens is 356 g/mol. The Kier molecular flexibility index (Phi) is 4.18. The predicted octanol–water partition coefficient (Wildman–Crippen LogP) is 0.927. The number of anilines is 1. The van der Waals surface area contributed by atoms with Crippen molar-refractivity contribution in [3.05, 3.63) is 36.5 Å². The van der Waals surface area contributed by atoms with E-state index in [4.69, 9.17) is 0 Å². The third-order valence-corrected chi connectivity index (χ3v) is 6.75. The van der Waals surface area contributed by atoms with Gasteiger partial charge in [0.2, 0.25) is 17.7 Å². The van der Waals surface area contributed by atoms with Crippen LogP contribution in [0.3, 0.4) is 0 Å². The Bertz CT molecular complexity index is 799. The molecule has 2 aliphatic heterocycles. The van der Waals surface area contributed by atoms with E-state index in [0.29, 0.717) is 26.2 Å². The van der Waals surface area contributed by atoms with E-state index in [1.807, 2.05) is 18.2 Å². The zero-order valence-corrected chi connectivity index (χ0v) is 15.7. The Morgan fingerprint density at radius 2 is 1.61 bits per heavy atom. The summed E-state index contributed by atoms with van der Waals surface area (Å²) in [5.74, 6) is 0.314. The standard InChI is InChI=1S/C21H24N4O3/c26-17(24-11-9-23(10-12-24)16-3-1-2-8-22-16)13-25-20(27)18-14-4-5-15(7-6-14)19(18)21(25)28/h1-5,8,14-15,18-19H,6-7,9-13H2/t14-,15-,18-,19-/m0/s1. The van der Waals surface area contributed by atoms with E-state index in [1.54, 1.807) is 11.1 Å². The van der Waals surface area contributed by atoms with Crippen molar-refractivity contribution in [3.8, 4) is 0 Å². The molecule has 28 heavy (non-hydrogen) atoms. The van der Waals surface area contributed by atoms with E-state index in [9.17, 15) is 14.4 Å². The monoisotopic (exact) mass is 380 g/mol. The number of imide groups is 1. The molecule has 0 aromatic carbocycles. The van der Waals surface area contributed by atoms with Crippen LogP contribution in [-0.4, -0.2) is 65.2 Å². The molecule has 3 fully saturated rings. The van der Waals surface area contributed by atoms with Crippen LogP contribution in [0.15, 0.2) is 36.5 Å². The second-order valence-corrected chi connectivity index (χ2v) is 8.16. The van der Waals surface area contributed by atoms with Crippen LogP contribution in [0.4, 0.5) is 5.82 Å². The van der Waals surface area contributed by atoms with Crippen LogP contribution in [0.25, 0.3) is 0 Å². The SMILES string of the molecule is O=C(CN1C(=O)[C@@H]2[C@@H](C1=O)[C@H]1C=C[C@H]2CC1)N1CCN(c2ccccn2)CC1. The summed E-state index contributed by atoms with van der Waals surface area (Å²) < 4.78 is 0. The molecule has 3 aliphatic carbocycles. The lowest BCUT2D eigenvalue weighted by Gasteiger charge is -2.38. The number of allylic oxidation sites excluding steroid dienone is 2. The minimum absolute atomic E-state index is 0.117. The number of piperazine rings is 1. The number of hydrogen-bond acceptors (Lipinski definition) is 5. The van der Waals surface area contributed by atoms with Crippen LogP contribution >= 0.6 is 0 Å². The van der Waals surface area contributed by atoms with Crippen molar-refractivity contribution in [2.75, 3.05) is 37.6 Å². The van der Waals surface area contributed by atoms with Gasteiger partial charge in [-0.1, -0.05) is 18.2 Å². The molecule has 6 rings (SSSR count). The van der Waals surface area contributed by atoms with E-state index in [2.05, 4.69) is 22.0 Å². The number of aromatic nitrogens is 1. The first-order valence-electron chi connectivity index (χ1n) is 10.1. The third kappa shape index (κ3) is 2.72.